The molecule has 0 aromatic heterocycles. The number of carbonyl (C=O) groups is 1. The molecule has 3 aromatic rings. The first-order valence-corrected chi connectivity index (χ1v) is 11.3. The quantitative estimate of drug-likeness (QED) is 0.668. The number of nitrogens with one attached hydrogen (secondary N) is 1. The molecule has 6 nitrogen and oxygen atoms in total. The number of anilines is 3. The van der Waals surface area contributed by atoms with Crippen molar-refractivity contribution < 1.29 is 14.3 Å². The highest BCUT2D eigenvalue weighted by atomic mass is 16.5. The van der Waals surface area contributed by atoms with E-state index in [9.17, 15) is 4.79 Å². The van der Waals surface area contributed by atoms with Crippen molar-refractivity contribution in [2.24, 2.45) is 0 Å². The van der Waals surface area contributed by atoms with Crippen LogP contribution < -0.4 is 15.1 Å². The van der Waals surface area contributed by atoms with E-state index in [-0.39, 0.29) is 5.91 Å². The highest BCUT2D eigenvalue weighted by molar-refractivity contribution is 5.98. The molecule has 166 valence electrons. The van der Waals surface area contributed by atoms with E-state index in [1.165, 1.54) is 5.69 Å². The average Bonchev–Trinajstić information content (AvgIpc) is 2.85. The lowest BCUT2D eigenvalue weighted by molar-refractivity contribution is -0.115. The lowest BCUT2D eigenvalue weighted by atomic mass is 10.0. The van der Waals surface area contributed by atoms with Crippen LogP contribution in [0.5, 0.6) is 0 Å². The average molecular weight is 432 g/mol. The van der Waals surface area contributed by atoms with Gasteiger partial charge in [-0.05, 0) is 34.5 Å². The zero-order valence-corrected chi connectivity index (χ0v) is 18.3. The molecule has 3 aromatic carbocycles. The summed E-state index contributed by atoms with van der Waals surface area (Å²) >= 11 is 0. The zero-order chi connectivity index (χ0) is 21.8. The van der Waals surface area contributed by atoms with Crippen LogP contribution in [0, 0.1) is 0 Å². The highest BCUT2D eigenvalue weighted by Gasteiger charge is 2.20. The van der Waals surface area contributed by atoms with Crippen LogP contribution in [0.1, 0.15) is 5.56 Å². The minimum Gasteiger partial charge on any atom is -0.378 e. The summed E-state index contributed by atoms with van der Waals surface area (Å²) in [6, 6.07) is 20.7. The number of hydrogen-bond acceptors (Lipinski definition) is 5. The number of ether oxygens (including phenoxy) is 2. The third kappa shape index (κ3) is 4.56. The van der Waals surface area contributed by atoms with E-state index in [1.54, 1.807) is 0 Å². The molecule has 0 unspecified atom stereocenters. The number of hydrogen-bond donors (Lipinski definition) is 1. The number of nitrogens with zero attached hydrogens (tertiary/aromatic N) is 2. The molecular formula is C26H29N3O3. The Morgan fingerprint density at radius 3 is 2.28 bits per heavy atom. The number of morpholine rings is 2. The van der Waals surface area contributed by atoms with E-state index in [0.717, 1.165) is 67.1 Å². The predicted molar refractivity (Wildman–Crippen MR) is 129 cm³/mol. The van der Waals surface area contributed by atoms with E-state index < -0.39 is 0 Å². The Labute approximate surface area is 188 Å². The monoisotopic (exact) mass is 431 g/mol. The molecule has 1 amide bonds. The van der Waals surface area contributed by atoms with Gasteiger partial charge in [0, 0.05) is 31.9 Å². The Morgan fingerprint density at radius 2 is 1.50 bits per heavy atom. The largest absolute Gasteiger partial charge is 0.378 e. The van der Waals surface area contributed by atoms with Crippen molar-refractivity contribution in [3.8, 4) is 0 Å². The van der Waals surface area contributed by atoms with Crippen LogP contribution in [-0.2, 0) is 20.7 Å². The summed E-state index contributed by atoms with van der Waals surface area (Å²) in [5.41, 5.74) is 4.12. The van der Waals surface area contributed by atoms with Gasteiger partial charge in [0.05, 0.1) is 44.2 Å². The van der Waals surface area contributed by atoms with Gasteiger partial charge in [-0.15, -0.1) is 0 Å². The molecule has 0 aliphatic carbocycles. The van der Waals surface area contributed by atoms with E-state index in [2.05, 4.69) is 45.4 Å². The van der Waals surface area contributed by atoms with Crippen molar-refractivity contribution in [2.75, 3.05) is 67.7 Å². The molecule has 2 aliphatic rings. The van der Waals surface area contributed by atoms with Gasteiger partial charge in [-0.25, -0.2) is 0 Å². The standard InChI is InChI=1S/C26H29N3O3/c30-26(18-21-6-3-5-20-4-1-2-7-23(20)21)27-24-9-8-22(28-10-14-31-15-11-28)19-25(24)29-12-16-32-17-13-29/h1-9,19H,10-18H2,(H,27,30). The first-order valence-electron chi connectivity index (χ1n) is 11.3. The van der Waals surface area contributed by atoms with Crippen LogP contribution in [-0.4, -0.2) is 58.5 Å². The Hall–Kier alpha value is -3.09. The molecule has 0 bridgehead atoms. The summed E-state index contributed by atoms with van der Waals surface area (Å²) in [6.45, 7) is 6.30. The number of carbonyl (C=O) groups excluding carboxylic acids is 1. The summed E-state index contributed by atoms with van der Waals surface area (Å²) in [5.74, 6) is -0.00464. The van der Waals surface area contributed by atoms with Crippen LogP contribution in [0.2, 0.25) is 0 Å². The molecule has 2 aliphatic heterocycles. The molecule has 2 fully saturated rings. The summed E-state index contributed by atoms with van der Waals surface area (Å²) in [5, 5.41) is 5.47. The van der Waals surface area contributed by atoms with Gasteiger partial charge in [-0.3, -0.25) is 4.79 Å². The van der Waals surface area contributed by atoms with Crippen molar-refractivity contribution in [2.45, 2.75) is 6.42 Å². The summed E-state index contributed by atoms with van der Waals surface area (Å²) in [7, 11) is 0. The molecule has 2 saturated heterocycles. The summed E-state index contributed by atoms with van der Waals surface area (Å²) in [4.78, 5) is 17.7. The van der Waals surface area contributed by atoms with E-state index in [4.69, 9.17) is 9.47 Å². The molecule has 0 saturated carbocycles. The molecular weight excluding hydrogens is 402 g/mol. The van der Waals surface area contributed by atoms with Gasteiger partial charge >= 0.3 is 0 Å². The van der Waals surface area contributed by atoms with Gasteiger partial charge in [0.15, 0.2) is 0 Å². The van der Waals surface area contributed by atoms with Gasteiger partial charge in [0.1, 0.15) is 0 Å². The molecule has 0 radical (unpaired) electrons. The molecule has 5 rings (SSSR count). The maximum Gasteiger partial charge on any atom is 0.228 e. The second-order valence-corrected chi connectivity index (χ2v) is 8.26. The third-order valence-corrected chi connectivity index (χ3v) is 6.21. The molecule has 0 atom stereocenters. The van der Waals surface area contributed by atoms with E-state index in [1.807, 2.05) is 30.3 Å². The molecule has 6 heteroatoms. The Balaban J connectivity index is 1.39. The highest BCUT2D eigenvalue weighted by Crippen LogP contribution is 2.32. The molecule has 1 N–H and O–H groups in total. The van der Waals surface area contributed by atoms with E-state index >= 15 is 0 Å². The van der Waals surface area contributed by atoms with Gasteiger partial charge in [0.25, 0.3) is 0 Å². The molecule has 0 spiro atoms. The fraction of sp³-hybridized carbons (Fsp3) is 0.346. The first-order chi connectivity index (χ1) is 15.8. The lowest BCUT2D eigenvalue weighted by Gasteiger charge is -2.33. The first kappa shape index (κ1) is 20.8. The molecule has 32 heavy (non-hydrogen) atoms. The van der Waals surface area contributed by atoms with Crippen molar-refractivity contribution >= 4 is 33.7 Å². The second kappa shape index (κ2) is 9.59. The van der Waals surface area contributed by atoms with Crippen molar-refractivity contribution in [1.82, 2.24) is 0 Å². The number of benzene rings is 3. The second-order valence-electron chi connectivity index (χ2n) is 8.26. The normalized spacial score (nSPS) is 16.9. The number of rotatable bonds is 5. The minimum absolute atomic E-state index is 0.00464. The molecule has 2 heterocycles. The SMILES string of the molecule is O=C(Cc1cccc2ccccc12)Nc1ccc(N2CCOCC2)cc1N1CCOCC1. The Kier molecular flexibility index (Phi) is 6.23. The van der Waals surface area contributed by atoms with Gasteiger partial charge in [-0.2, -0.15) is 0 Å². The third-order valence-electron chi connectivity index (χ3n) is 6.21. The minimum atomic E-state index is -0.00464. The Morgan fingerprint density at radius 1 is 0.812 bits per heavy atom. The van der Waals surface area contributed by atoms with Crippen LogP contribution in [0.25, 0.3) is 10.8 Å². The van der Waals surface area contributed by atoms with Gasteiger partial charge in [0.2, 0.25) is 5.91 Å². The van der Waals surface area contributed by atoms with Crippen molar-refractivity contribution in [1.29, 1.82) is 0 Å². The van der Waals surface area contributed by atoms with Crippen molar-refractivity contribution in [3.63, 3.8) is 0 Å². The fourth-order valence-corrected chi connectivity index (χ4v) is 4.52. The number of amides is 1. The maximum absolute atomic E-state index is 13.1. The topological polar surface area (TPSA) is 54.0 Å². The van der Waals surface area contributed by atoms with Crippen molar-refractivity contribution in [3.05, 3.63) is 66.2 Å². The predicted octanol–water partition coefficient (Wildman–Crippen LogP) is 3.69. The van der Waals surface area contributed by atoms with Gasteiger partial charge in [-0.1, -0.05) is 42.5 Å². The van der Waals surface area contributed by atoms with Crippen LogP contribution in [0.15, 0.2) is 60.7 Å². The van der Waals surface area contributed by atoms with E-state index in [0.29, 0.717) is 19.6 Å². The number of fused-ring (bicyclic) bond motifs is 1. The summed E-state index contributed by atoms with van der Waals surface area (Å²) in [6.07, 6.45) is 0.342. The van der Waals surface area contributed by atoms with Crippen LogP contribution in [0.3, 0.4) is 0 Å². The summed E-state index contributed by atoms with van der Waals surface area (Å²) < 4.78 is 11.1. The fourth-order valence-electron chi connectivity index (χ4n) is 4.52. The maximum atomic E-state index is 13.1. The Bertz CT molecular complexity index is 1080. The van der Waals surface area contributed by atoms with Crippen LogP contribution >= 0.6 is 0 Å². The lowest BCUT2D eigenvalue weighted by Crippen LogP contribution is -2.38. The smallest absolute Gasteiger partial charge is 0.228 e. The zero-order valence-electron chi connectivity index (χ0n) is 18.3. The van der Waals surface area contributed by atoms with Gasteiger partial charge < -0.3 is 24.6 Å². The van der Waals surface area contributed by atoms with Crippen LogP contribution in [0.4, 0.5) is 17.1 Å².